The minimum Gasteiger partial charge on any atom is -0.385 e. The highest BCUT2D eigenvalue weighted by molar-refractivity contribution is 7.90. The third kappa shape index (κ3) is 5.54. The molecule has 0 atom stereocenters. The van der Waals surface area contributed by atoms with Crippen molar-refractivity contribution in [2.75, 3.05) is 18.1 Å². The lowest BCUT2D eigenvalue weighted by molar-refractivity contribution is 0.545. The highest BCUT2D eigenvalue weighted by atomic mass is 32.2. The summed E-state index contributed by atoms with van der Waals surface area (Å²) >= 11 is 0. The molecular formula is C14H23NO2S. The molecule has 0 saturated heterocycles. The van der Waals surface area contributed by atoms with E-state index in [9.17, 15) is 8.42 Å². The molecule has 4 heteroatoms. The fourth-order valence-electron chi connectivity index (χ4n) is 1.73. The zero-order chi connectivity index (χ0) is 13.6. The van der Waals surface area contributed by atoms with Crippen LogP contribution in [0.3, 0.4) is 0 Å². The van der Waals surface area contributed by atoms with Crippen molar-refractivity contribution in [3.05, 3.63) is 24.3 Å². The van der Waals surface area contributed by atoms with E-state index < -0.39 is 9.84 Å². The van der Waals surface area contributed by atoms with Gasteiger partial charge in [-0.1, -0.05) is 26.7 Å². The Morgan fingerprint density at radius 1 is 1.11 bits per heavy atom. The van der Waals surface area contributed by atoms with Gasteiger partial charge in [0.05, 0.1) is 4.90 Å². The van der Waals surface area contributed by atoms with Gasteiger partial charge in [0.1, 0.15) is 0 Å². The van der Waals surface area contributed by atoms with Gasteiger partial charge in [-0.2, -0.15) is 0 Å². The molecule has 102 valence electrons. The van der Waals surface area contributed by atoms with Crippen LogP contribution in [0.25, 0.3) is 0 Å². The van der Waals surface area contributed by atoms with Crippen molar-refractivity contribution in [3.63, 3.8) is 0 Å². The molecule has 0 radical (unpaired) electrons. The topological polar surface area (TPSA) is 46.2 Å². The Balaban J connectivity index is 2.36. The zero-order valence-corrected chi connectivity index (χ0v) is 12.3. The lowest BCUT2D eigenvalue weighted by Crippen LogP contribution is -2.03. The molecule has 3 nitrogen and oxygen atoms in total. The van der Waals surface area contributed by atoms with Crippen LogP contribution in [0.2, 0.25) is 0 Å². The summed E-state index contributed by atoms with van der Waals surface area (Å²) in [4.78, 5) is 0.368. The maximum Gasteiger partial charge on any atom is 0.175 e. The van der Waals surface area contributed by atoms with Gasteiger partial charge >= 0.3 is 0 Å². The molecule has 0 fully saturated rings. The van der Waals surface area contributed by atoms with Gasteiger partial charge in [-0.05, 0) is 36.6 Å². The van der Waals surface area contributed by atoms with E-state index >= 15 is 0 Å². The average molecular weight is 269 g/mol. The summed E-state index contributed by atoms with van der Waals surface area (Å²) < 4.78 is 22.6. The lowest BCUT2D eigenvalue weighted by atomic mass is 10.1. The molecule has 0 saturated carbocycles. The molecule has 0 amide bonds. The van der Waals surface area contributed by atoms with E-state index in [0.717, 1.165) is 24.6 Å². The third-order valence-electron chi connectivity index (χ3n) is 2.82. The lowest BCUT2D eigenvalue weighted by Gasteiger charge is -2.08. The van der Waals surface area contributed by atoms with Crippen molar-refractivity contribution >= 4 is 15.5 Å². The van der Waals surface area contributed by atoms with Gasteiger partial charge in [0.15, 0.2) is 9.84 Å². The van der Waals surface area contributed by atoms with E-state index in [1.807, 2.05) is 12.1 Å². The van der Waals surface area contributed by atoms with Gasteiger partial charge in [-0.15, -0.1) is 0 Å². The number of hydrogen-bond donors (Lipinski definition) is 1. The van der Waals surface area contributed by atoms with Crippen molar-refractivity contribution in [2.45, 2.75) is 38.0 Å². The number of nitrogens with one attached hydrogen (secondary N) is 1. The summed E-state index contributed by atoms with van der Waals surface area (Å²) in [5.74, 6) is 0.763. The standard InChI is InChI=1S/C14H23NO2S/c1-12(2)6-4-5-11-15-13-7-9-14(10-8-13)18(3,16)17/h7-10,12,15H,4-6,11H2,1-3H3. The van der Waals surface area contributed by atoms with Crippen LogP contribution in [0.1, 0.15) is 33.1 Å². The van der Waals surface area contributed by atoms with Crippen LogP contribution >= 0.6 is 0 Å². The molecule has 0 bridgehead atoms. The van der Waals surface area contributed by atoms with Gasteiger partial charge in [0.25, 0.3) is 0 Å². The number of sulfone groups is 1. The second kappa shape index (κ2) is 6.78. The molecule has 18 heavy (non-hydrogen) atoms. The molecule has 1 N–H and O–H groups in total. The second-order valence-corrected chi connectivity index (χ2v) is 7.13. The Bertz CT molecular complexity index is 449. The Labute approximate surface area is 111 Å². The summed E-state index contributed by atoms with van der Waals surface area (Å²) in [5, 5.41) is 3.30. The number of unbranched alkanes of at least 4 members (excludes halogenated alkanes) is 1. The van der Waals surface area contributed by atoms with Crippen molar-refractivity contribution in [3.8, 4) is 0 Å². The van der Waals surface area contributed by atoms with Crippen molar-refractivity contribution < 1.29 is 8.42 Å². The Morgan fingerprint density at radius 2 is 1.72 bits per heavy atom. The van der Waals surface area contributed by atoms with Crippen LogP contribution in [-0.4, -0.2) is 21.2 Å². The van der Waals surface area contributed by atoms with Crippen molar-refractivity contribution in [1.29, 1.82) is 0 Å². The summed E-state index contributed by atoms with van der Waals surface area (Å²) in [6.07, 6.45) is 4.86. The first kappa shape index (κ1) is 15.0. The molecule has 0 aromatic heterocycles. The molecule has 1 rings (SSSR count). The van der Waals surface area contributed by atoms with E-state index in [4.69, 9.17) is 0 Å². The number of anilines is 1. The quantitative estimate of drug-likeness (QED) is 0.772. The number of hydrogen-bond acceptors (Lipinski definition) is 3. The molecule has 0 aliphatic carbocycles. The Hall–Kier alpha value is -1.03. The smallest absolute Gasteiger partial charge is 0.175 e. The Morgan fingerprint density at radius 3 is 2.22 bits per heavy atom. The van der Waals surface area contributed by atoms with Gasteiger partial charge in [0.2, 0.25) is 0 Å². The minimum atomic E-state index is -3.09. The first-order valence-electron chi connectivity index (χ1n) is 6.43. The molecule has 0 spiro atoms. The fourth-order valence-corrected chi connectivity index (χ4v) is 2.36. The fraction of sp³-hybridized carbons (Fsp3) is 0.571. The maximum absolute atomic E-state index is 11.3. The predicted molar refractivity (Wildman–Crippen MR) is 76.7 cm³/mol. The normalized spacial score (nSPS) is 11.8. The molecule has 0 unspecified atom stereocenters. The van der Waals surface area contributed by atoms with Crippen LogP contribution in [0, 0.1) is 5.92 Å². The second-order valence-electron chi connectivity index (χ2n) is 5.11. The predicted octanol–water partition coefficient (Wildman–Crippen LogP) is 3.33. The Kier molecular flexibility index (Phi) is 5.66. The average Bonchev–Trinajstić information content (AvgIpc) is 2.27. The van der Waals surface area contributed by atoms with Crippen LogP contribution in [0.15, 0.2) is 29.2 Å². The van der Waals surface area contributed by atoms with Crippen LogP contribution in [0.5, 0.6) is 0 Å². The zero-order valence-electron chi connectivity index (χ0n) is 11.4. The molecule has 1 aromatic rings. The molecular weight excluding hydrogens is 246 g/mol. The first-order valence-corrected chi connectivity index (χ1v) is 8.32. The monoisotopic (exact) mass is 269 g/mol. The first-order chi connectivity index (χ1) is 8.39. The van der Waals surface area contributed by atoms with E-state index in [0.29, 0.717) is 4.90 Å². The summed E-state index contributed by atoms with van der Waals surface area (Å²) in [6, 6.07) is 6.93. The molecule has 1 aromatic carbocycles. The minimum absolute atomic E-state index is 0.368. The number of rotatable bonds is 7. The highest BCUT2D eigenvalue weighted by Gasteiger charge is 2.05. The van der Waals surface area contributed by atoms with Crippen molar-refractivity contribution in [2.24, 2.45) is 5.92 Å². The summed E-state index contributed by atoms with van der Waals surface area (Å²) in [7, 11) is -3.09. The van der Waals surface area contributed by atoms with Gasteiger partial charge in [-0.3, -0.25) is 0 Å². The van der Waals surface area contributed by atoms with E-state index in [1.54, 1.807) is 12.1 Å². The van der Waals surface area contributed by atoms with Gasteiger partial charge < -0.3 is 5.32 Å². The SMILES string of the molecule is CC(C)CCCCNc1ccc(S(C)(=O)=O)cc1. The third-order valence-corrected chi connectivity index (χ3v) is 3.95. The summed E-state index contributed by atoms with van der Waals surface area (Å²) in [6.45, 7) is 5.40. The van der Waals surface area contributed by atoms with Gasteiger partial charge in [0, 0.05) is 18.5 Å². The van der Waals surface area contributed by atoms with E-state index in [2.05, 4.69) is 19.2 Å². The van der Waals surface area contributed by atoms with Crippen molar-refractivity contribution in [1.82, 2.24) is 0 Å². The number of benzene rings is 1. The van der Waals surface area contributed by atoms with Crippen LogP contribution < -0.4 is 5.32 Å². The largest absolute Gasteiger partial charge is 0.385 e. The summed E-state index contributed by atoms with van der Waals surface area (Å²) in [5.41, 5.74) is 0.979. The van der Waals surface area contributed by atoms with Crippen LogP contribution in [-0.2, 0) is 9.84 Å². The highest BCUT2D eigenvalue weighted by Crippen LogP contribution is 2.14. The van der Waals surface area contributed by atoms with Gasteiger partial charge in [-0.25, -0.2) is 8.42 Å². The molecule has 0 aliphatic rings. The molecule has 0 heterocycles. The van der Waals surface area contributed by atoms with E-state index in [-0.39, 0.29) is 0 Å². The maximum atomic E-state index is 11.3. The van der Waals surface area contributed by atoms with E-state index in [1.165, 1.54) is 19.1 Å². The molecule has 0 aliphatic heterocycles. The van der Waals surface area contributed by atoms with Crippen LogP contribution in [0.4, 0.5) is 5.69 Å².